The summed E-state index contributed by atoms with van der Waals surface area (Å²) >= 11 is 1.94. The van der Waals surface area contributed by atoms with Gasteiger partial charge in [-0.05, 0) is 18.1 Å². The molecule has 0 aliphatic carbocycles. The van der Waals surface area contributed by atoms with E-state index < -0.39 is 16.7 Å². The highest BCUT2D eigenvalue weighted by Crippen LogP contribution is 2.37. The minimum atomic E-state index is -0.661. The molecule has 1 aliphatic heterocycles. The van der Waals surface area contributed by atoms with Crippen LogP contribution < -0.4 is 11.1 Å². The third-order valence-corrected chi connectivity index (χ3v) is 6.14. The van der Waals surface area contributed by atoms with Gasteiger partial charge in [-0.15, -0.1) is 11.3 Å². The number of anilines is 1. The second-order valence-electron chi connectivity index (χ2n) is 5.61. The molecule has 136 valence electrons. The zero-order valence-electron chi connectivity index (χ0n) is 13.6. The maximum atomic E-state index is 12.4. The summed E-state index contributed by atoms with van der Waals surface area (Å²) in [5.74, 6) is -1.28. The number of amides is 3. The summed E-state index contributed by atoms with van der Waals surface area (Å²) in [7, 11) is 0. The predicted octanol–water partition coefficient (Wildman–Crippen LogP) is 1.97. The molecule has 26 heavy (non-hydrogen) atoms. The summed E-state index contributed by atoms with van der Waals surface area (Å²) in [6.45, 7) is 2.31. The highest BCUT2D eigenvalue weighted by atomic mass is 32.1. The molecule has 0 unspecified atom stereocenters. The predicted molar refractivity (Wildman–Crippen MR) is 96.6 cm³/mol. The monoisotopic (exact) mass is 394 g/mol. The molecule has 3 N–H and O–H groups in total. The topological polar surface area (TPSA) is 136 Å². The van der Waals surface area contributed by atoms with Crippen molar-refractivity contribution < 1.29 is 19.3 Å². The standard InChI is InChI=1S/C15H14N4O5S2/c1-7(20)18-5-4-8-10(6-18)26-15(12(8)13(16)21)17-14(22)9-2-3-11(25-9)19(23)24/h2-3H,4-6H2,1H3,(H2,16,21)(H,17,22). The van der Waals surface area contributed by atoms with Crippen LogP contribution in [0.1, 0.15) is 37.4 Å². The van der Waals surface area contributed by atoms with Crippen molar-refractivity contribution >= 4 is 50.4 Å². The minimum Gasteiger partial charge on any atom is -0.365 e. The third kappa shape index (κ3) is 3.30. The van der Waals surface area contributed by atoms with E-state index in [1.54, 1.807) is 4.90 Å². The van der Waals surface area contributed by atoms with Crippen LogP contribution in [0.15, 0.2) is 12.1 Å². The van der Waals surface area contributed by atoms with Gasteiger partial charge in [0.1, 0.15) is 5.00 Å². The average molecular weight is 394 g/mol. The average Bonchev–Trinajstić information content (AvgIpc) is 3.18. The molecule has 9 nitrogen and oxygen atoms in total. The summed E-state index contributed by atoms with van der Waals surface area (Å²) in [4.78, 5) is 48.6. The Morgan fingerprint density at radius 1 is 1.31 bits per heavy atom. The minimum absolute atomic E-state index is 0.0684. The molecule has 0 spiro atoms. The van der Waals surface area contributed by atoms with Crippen molar-refractivity contribution in [3.05, 3.63) is 43.1 Å². The van der Waals surface area contributed by atoms with Crippen LogP contribution >= 0.6 is 22.7 Å². The summed E-state index contributed by atoms with van der Waals surface area (Å²) in [6, 6.07) is 2.60. The lowest BCUT2D eigenvalue weighted by Gasteiger charge is -2.25. The highest BCUT2D eigenvalue weighted by Gasteiger charge is 2.29. The van der Waals surface area contributed by atoms with E-state index in [0.717, 1.165) is 21.8 Å². The van der Waals surface area contributed by atoms with Crippen LogP contribution in [-0.2, 0) is 17.8 Å². The molecular formula is C15H14N4O5S2. The van der Waals surface area contributed by atoms with E-state index in [2.05, 4.69) is 5.32 Å². The summed E-state index contributed by atoms with van der Waals surface area (Å²) in [5, 5.41) is 13.5. The number of nitro groups is 1. The molecule has 0 bridgehead atoms. The maximum absolute atomic E-state index is 12.4. The number of nitrogens with zero attached hydrogens (tertiary/aromatic N) is 2. The molecular weight excluding hydrogens is 380 g/mol. The van der Waals surface area contributed by atoms with Crippen molar-refractivity contribution in [2.45, 2.75) is 19.9 Å². The van der Waals surface area contributed by atoms with E-state index in [0.29, 0.717) is 24.5 Å². The number of nitrogens with two attached hydrogens (primary N) is 1. The fourth-order valence-electron chi connectivity index (χ4n) is 2.73. The van der Waals surface area contributed by atoms with Gasteiger partial charge in [0.05, 0.1) is 21.9 Å². The van der Waals surface area contributed by atoms with Gasteiger partial charge in [-0.3, -0.25) is 24.5 Å². The van der Waals surface area contributed by atoms with Crippen LogP contribution in [0.3, 0.4) is 0 Å². The number of hydrogen-bond donors (Lipinski definition) is 2. The quantitative estimate of drug-likeness (QED) is 0.604. The Bertz CT molecular complexity index is 933. The van der Waals surface area contributed by atoms with Gasteiger partial charge in [-0.25, -0.2) is 0 Å². The van der Waals surface area contributed by atoms with Crippen LogP contribution in [0.4, 0.5) is 10.0 Å². The first-order valence-electron chi connectivity index (χ1n) is 7.53. The molecule has 0 saturated heterocycles. The van der Waals surface area contributed by atoms with Gasteiger partial charge in [0.25, 0.3) is 11.8 Å². The molecule has 3 amide bonds. The molecule has 2 aromatic heterocycles. The first-order chi connectivity index (χ1) is 12.3. The fourth-order valence-corrected chi connectivity index (χ4v) is 4.71. The van der Waals surface area contributed by atoms with E-state index in [9.17, 15) is 24.5 Å². The van der Waals surface area contributed by atoms with Gasteiger partial charge in [-0.2, -0.15) is 0 Å². The van der Waals surface area contributed by atoms with Crippen LogP contribution in [0.5, 0.6) is 0 Å². The molecule has 3 heterocycles. The molecule has 0 radical (unpaired) electrons. The van der Waals surface area contributed by atoms with E-state index in [-0.39, 0.29) is 21.3 Å². The second kappa shape index (κ2) is 6.84. The smallest absolute Gasteiger partial charge is 0.324 e. The molecule has 0 fully saturated rings. The maximum Gasteiger partial charge on any atom is 0.324 e. The normalized spacial score (nSPS) is 13.2. The Morgan fingerprint density at radius 2 is 2.04 bits per heavy atom. The number of primary amides is 1. The van der Waals surface area contributed by atoms with Gasteiger partial charge in [0.2, 0.25) is 5.91 Å². The zero-order chi connectivity index (χ0) is 19.0. The van der Waals surface area contributed by atoms with Crippen molar-refractivity contribution in [2.24, 2.45) is 5.73 Å². The van der Waals surface area contributed by atoms with Crippen molar-refractivity contribution in [3.8, 4) is 0 Å². The molecule has 1 aliphatic rings. The first-order valence-corrected chi connectivity index (χ1v) is 9.16. The van der Waals surface area contributed by atoms with Crippen LogP contribution in [0.25, 0.3) is 0 Å². The molecule has 0 aromatic carbocycles. The number of fused-ring (bicyclic) bond motifs is 1. The Kier molecular flexibility index (Phi) is 4.74. The summed E-state index contributed by atoms with van der Waals surface area (Å²) in [6.07, 6.45) is 0.476. The van der Waals surface area contributed by atoms with Crippen LogP contribution in [0.2, 0.25) is 0 Å². The molecule has 0 atom stereocenters. The van der Waals surface area contributed by atoms with E-state index in [1.807, 2.05) is 0 Å². The number of rotatable bonds is 4. The SMILES string of the molecule is CC(=O)N1CCc2c(sc(NC(=O)c3ccc([N+](=O)[O-])s3)c2C(N)=O)C1. The van der Waals surface area contributed by atoms with Crippen molar-refractivity contribution in [1.82, 2.24) is 4.90 Å². The van der Waals surface area contributed by atoms with E-state index >= 15 is 0 Å². The van der Waals surface area contributed by atoms with Gasteiger partial charge < -0.3 is 16.0 Å². The Labute approximate surface area is 155 Å². The molecule has 0 saturated carbocycles. The van der Waals surface area contributed by atoms with Crippen molar-refractivity contribution in [3.63, 3.8) is 0 Å². The van der Waals surface area contributed by atoms with E-state index in [1.165, 1.54) is 30.4 Å². The number of nitrogens with one attached hydrogen (secondary N) is 1. The molecule has 2 aromatic rings. The number of carbonyl (C=O) groups excluding carboxylic acids is 3. The lowest BCUT2D eigenvalue weighted by Crippen LogP contribution is -2.34. The largest absolute Gasteiger partial charge is 0.365 e. The Balaban J connectivity index is 1.90. The summed E-state index contributed by atoms with van der Waals surface area (Å²) in [5.41, 5.74) is 6.47. The van der Waals surface area contributed by atoms with E-state index in [4.69, 9.17) is 5.73 Å². The lowest BCUT2D eigenvalue weighted by molar-refractivity contribution is -0.380. The fraction of sp³-hybridized carbons (Fsp3) is 0.267. The number of hydrogen-bond acceptors (Lipinski definition) is 7. The van der Waals surface area contributed by atoms with Crippen LogP contribution in [-0.4, -0.2) is 34.1 Å². The molecule has 3 rings (SSSR count). The van der Waals surface area contributed by atoms with Gasteiger partial charge in [0, 0.05) is 24.4 Å². The Morgan fingerprint density at radius 3 is 2.62 bits per heavy atom. The lowest BCUT2D eigenvalue weighted by atomic mass is 10.0. The molecule has 11 heteroatoms. The van der Waals surface area contributed by atoms with Gasteiger partial charge >= 0.3 is 5.00 Å². The zero-order valence-corrected chi connectivity index (χ0v) is 15.2. The number of carbonyl (C=O) groups is 3. The summed E-state index contributed by atoms with van der Waals surface area (Å²) < 4.78 is 0. The Hall–Kier alpha value is -2.79. The van der Waals surface area contributed by atoms with Gasteiger partial charge in [0.15, 0.2) is 0 Å². The first kappa shape index (κ1) is 18.0. The van der Waals surface area contributed by atoms with Crippen molar-refractivity contribution in [1.29, 1.82) is 0 Å². The third-order valence-electron chi connectivity index (χ3n) is 3.97. The van der Waals surface area contributed by atoms with Crippen LogP contribution in [0, 0.1) is 10.1 Å². The second-order valence-corrected chi connectivity index (χ2v) is 7.78. The van der Waals surface area contributed by atoms with Crippen molar-refractivity contribution in [2.75, 3.05) is 11.9 Å². The van der Waals surface area contributed by atoms with Gasteiger partial charge in [-0.1, -0.05) is 11.3 Å². The number of thiophene rings is 2. The highest BCUT2D eigenvalue weighted by molar-refractivity contribution is 7.18.